The van der Waals surface area contributed by atoms with Crippen molar-refractivity contribution in [3.05, 3.63) is 46.7 Å². The number of rotatable bonds is 4. The zero-order chi connectivity index (χ0) is 11.5. The number of halogens is 2. The van der Waals surface area contributed by atoms with Gasteiger partial charge in [-0.05, 0) is 41.8 Å². The van der Waals surface area contributed by atoms with Gasteiger partial charge in [0.05, 0.1) is 10.1 Å². The summed E-state index contributed by atoms with van der Waals surface area (Å²) in [6, 6.07) is 4.93. The molecule has 0 aliphatic heterocycles. The average Bonchev–Trinajstić information content (AvgIpc) is 2.19. The molecule has 3 heteroatoms. The molecular weight excluding hydrogens is 259 g/mol. The summed E-state index contributed by atoms with van der Waals surface area (Å²) in [5.41, 5.74) is -0.832. The smallest absolute Gasteiger partial charge is 0.143 e. The van der Waals surface area contributed by atoms with Gasteiger partial charge in [0.25, 0.3) is 0 Å². The number of hydrogen-bond acceptors (Lipinski definition) is 1. The minimum absolute atomic E-state index is 0.318. The largest absolute Gasteiger partial charge is 0.385 e. The van der Waals surface area contributed by atoms with Crippen LogP contribution in [0.4, 0.5) is 4.39 Å². The maximum Gasteiger partial charge on any atom is 0.143 e. The molecule has 1 aromatic carbocycles. The van der Waals surface area contributed by atoms with Crippen molar-refractivity contribution in [2.75, 3.05) is 0 Å². The van der Waals surface area contributed by atoms with Gasteiger partial charge in [-0.25, -0.2) is 4.39 Å². The van der Waals surface area contributed by atoms with Crippen molar-refractivity contribution in [3.63, 3.8) is 0 Å². The van der Waals surface area contributed by atoms with Crippen LogP contribution in [-0.4, -0.2) is 5.11 Å². The molecule has 0 spiro atoms. The fourth-order valence-electron chi connectivity index (χ4n) is 1.44. The van der Waals surface area contributed by atoms with Gasteiger partial charge in [0.1, 0.15) is 5.82 Å². The second-order valence-electron chi connectivity index (χ2n) is 3.70. The van der Waals surface area contributed by atoms with Gasteiger partial charge in [0.2, 0.25) is 0 Å². The molecule has 0 saturated carbocycles. The highest BCUT2D eigenvalue weighted by atomic mass is 79.9. The Kier molecular flexibility index (Phi) is 4.05. The first-order valence-corrected chi connectivity index (χ1v) is 5.56. The lowest BCUT2D eigenvalue weighted by atomic mass is 9.91. The molecular formula is C12H14BrFO. The van der Waals surface area contributed by atoms with E-state index in [9.17, 15) is 9.50 Å². The topological polar surface area (TPSA) is 20.2 Å². The van der Waals surface area contributed by atoms with E-state index in [2.05, 4.69) is 22.5 Å². The molecule has 0 amide bonds. The monoisotopic (exact) mass is 272 g/mol. The van der Waals surface area contributed by atoms with E-state index in [1.807, 2.05) is 0 Å². The van der Waals surface area contributed by atoms with Crippen molar-refractivity contribution in [2.45, 2.75) is 25.4 Å². The SMILES string of the molecule is C=CCCC(C)(O)c1cccc(Br)c1F. The van der Waals surface area contributed by atoms with Crippen LogP contribution in [0.5, 0.6) is 0 Å². The third-order valence-electron chi connectivity index (χ3n) is 2.37. The first-order chi connectivity index (χ1) is 6.99. The van der Waals surface area contributed by atoms with E-state index >= 15 is 0 Å². The first-order valence-electron chi connectivity index (χ1n) is 4.77. The normalized spacial score (nSPS) is 14.7. The van der Waals surface area contributed by atoms with Gasteiger partial charge in [-0.3, -0.25) is 0 Å². The highest BCUT2D eigenvalue weighted by Gasteiger charge is 2.26. The predicted octanol–water partition coefficient (Wildman–Crippen LogP) is 3.76. The lowest BCUT2D eigenvalue weighted by Crippen LogP contribution is -2.22. The maximum atomic E-state index is 13.7. The molecule has 0 saturated heterocycles. The number of hydrogen-bond donors (Lipinski definition) is 1. The van der Waals surface area contributed by atoms with Gasteiger partial charge in [-0.1, -0.05) is 18.2 Å². The zero-order valence-electron chi connectivity index (χ0n) is 8.63. The van der Waals surface area contributed by atoms with Gasteiger partial charge in [0, 0.05) is 5.56 Å². The van der Waals surface area contributed by atoms with E-state index in [4.69, 9.17) is 0 Å². The van der Waals surface area contributed by atoms with Crippen LogP contribution < -0.4 is 0 Å². The Balaban J connectivity index is 3.03. The fraction of sp³-hybridized carbons (Fsp3) is 0.333. The Labute approximate surface area is 97.8 Å². The summed E-state index contributed by atoms with van der Waals surface area (Å²) in [5.74, 6) is -0.397. The standard InChI is InChI=1S/C12H14BrFO/c1-3-4-8-12(2,15)9-6-5-7-10(13)11(9)14/h3,5-7,15H,1,4,8H2,2H3. The second kappa shape index (κ2) is 4.90. The Morgan fingerprint density at radius 3 is 2.87 bits per heavy atom. The molecule has 0 heterocycles. The first kappa shape index (κ1) is 12.4. The summed E-state index contributed by atoms with van der Waals surface area (Å²) in [7, 11) is 0. The quantitative estimate of drug-likeness (QED) is 0.828. The lowest BCUT2D eigenvalue weighted by molar-refractivity contribution is 0.0450. The van der Waals surface area contributed by atoms with Crippen molar-refractivity contribution in [2.24, 2.45) is 0 Å². The minimum atomic E-state index is -1.15. The van der Waals surface area contributed by atoms with Crippen LogP contribution in [0, 0.1) is 5.82 Å². The highest BCUT2D eigenvalue weighted by Crippen LogP contribution is 2.31. The van der Waals surface area contributed by atoms with Crippen LogP contribution in [0.1, 0.15) is 25.3 Å². The molecule has 0 bridgehead atoms. The molecule has 1 atom stereocenters. The number of aliphatic hydroxyl groups is 1. The molecule has 0 radical (unpaired) electrons. The summed E-state index contributed by atoms with van der Waals surface area (Å²) in [6.07, 6.45) is 2.83. The fourth-order valence-corrected chi connectivity index (χ4v) is 1.80. The molecule has 82 valence electrons. The Morgan fingerprint density at radius 2 is 2.27 bits per heavy atom. The van der Waals surface area contributed by atoms with Crippen molar-refractivity contribution < 1.29 is 9.50 Å². The molecule has 1 rings (SSSR count). The number of allylic oxidation sites excluding steroid dienone is 1. The molecule has 0 aliphatic carbocycles. The van der Waals surface area contributed by atoms with E-state index in [1.165, 1.54) is 0 Å². The van der Waals surface area contributed by atoms with Gasteiger partial charge in [-0.15, -0.1) is 6.58 Å². The van der Waals surface area contributed by atoms with Crippen LogP contribution in [0.3, 0.4) is 0 Å². The maximum absolute atomic E-state index is 13.7. The molecule has 1 unspecified atom stereocenters. The summed E-state index contributed by atoms with van der Waals surface area (Å²) in [4.78, 5) is 0. The summed E-state index contributed by atoms with van der Waals surface area (Å²) in [6.45, 7) is 5.20. The van der Waals surface area contributed by atoms with E-state index in [0.717, 1.165) is 0 Å². The van der Waals surface area contributed by atoms with E-state index in [-0.39, 0.29) is 0 Å². The van der Waals surface area contributed by atoms with Crippen LogP contribution in [-0.2, 0) is 5.60 Å². The molecule has 0 fully saturated rings. The lowest BCUT2D eigenvalue weighted by Gasteiger charge is -2.24. The van der Waals surface area contributed by atoms with Gasteiger partial charge in [-0.2, -0.15) is 0 Å². The van der Waals surface area contributed by atoms with Crippen molar-refractivity contribution in [3.8, 4) is 0 Å². The predicted molar refractivity (Wildman–Crippen MR) is 63.1 cm³/mol. The van der Waals surface area contributed by atoms with Crippen LogP contribution in [0.25, 0.3) is 0 Å². The second-order valence-corrected chi connectivity index (χ2v) is 4.56. The molecule has 0 aromatic heterocycles. The van der Waals surface area contributed by atoms with Crippen LogP contribution >= 0.6 is 15.9 Å². The Bertz CT molecular complexity index is 361. The van der Waals surface area contributed by atoms with Gasteiger partial charge < -0.3 is 5.11 Å². The summed E-state index contributed by atoms with van der Waals surface area (Å²) >= 11 is 3.10. The number of benzene rings is 1. The van der Waals surface area contributed by atoms with Crippen LogP contribution in [0.15, 0.2) is 35.3 Å². The molecule has 1 aromatic rings. The van der Waals surface area contributed by atoms with E-state index in [1.54, 1.807) is 31.2 Å². The van der Waals surface area contributed by atoms with E-state index in [0.29, 0.717) is 22.9 Å². The molecule has 1 nitrogen and oxygen atoms in total. The molecule has 15 heavy (non-hydrogen) atoms. The van der Waals surface area contributed by atoms with Gasteiger partial charge in [0.15, 0.2) is 0 Å². The Morgan fingerprint density at radius 1 is 1.60 bits per heavy atom. The zero-order valence-corrected chi connectivity index (χ0v) is 10.2. The minimum Gasteiger partial charge on any atom is -0.385 e. The summed E-state index contributed by atoms with van der Waals surface area (Å²) < 4.78 is 14.1. The molecule has 0 aliphatic rings. The van der Waals surface area contributed by atoms with E-state index < -0.39 is 11.4 Å². The average molecular weight is 273 g/mol. The van der Waals surface area contributed by atoms with Crippen molar-refractivity contribution >= 4 is 15.9 Å². The van der Waals surface area contributed by atoms with Gasteiger partial charge >= 0.3 is 0 Å². The summed E-state index contributed by atoms with van der Waals surface area (Å²) in [5, 5.41) is 10.1. The van der Waals surface area contributed by atoms with Crippen molar-refractivity contribution in [1.82, 2.24) is 0 Å². The Hall–Kier alpha value is -0.670. The highest BCUT2D eigenvalue weighted by molar-refractivity contribution is 9.10. The van der Waals surface area contributed by atoms with Crippen molar-refractivity contribution in [1.29, 1.82) is 0 Å². The third-order valence-corrected chi connectivity index (χ3v) is 2.98. The third kappa shape index (κ3) is 2.89. The molecule has 1 N–H and O–H groups in total. The van der Waals surface area contributed by atoms with Crippen LogP contribution in [0.2, 0.25) is 0 Å².